The molecule has 2 aromatic rings. The Morgan fingerprint density at radius 1 is 1.33 bits per heavy atom. The van der Waals surface area contributed by atoms with Gasteiger partial charge < -0.3 is 5.32 Å². The molecule has 2 aromatic heterocycles. The van der Waals surface area contributed by atoms with Crippen LogP contribution in [0.3, 0.4) is 0 Å². The highest BCUT2D eigenvalue weighted by atomic mass is 35.5. The van der Waals surface area contributed by atoms with E-state index in [0.717, 1.165) is 17.1 Å². The fourth-order valence-corrected chi connectivity index (χ4v) is 2.17. The van der Waals surface area contributed by atoms with Gasteiger partial charge in [0.1, 0.15) is 16.8 Å². The first-order valence-corrected chi connectivity index (χ1v) is 6.11. The van der Waals surface area contributed by atoms with E-state index in [2.05, 4.69) is 27.3 Å². The van der Waals surface area contributed by atoms with Gasteiger partial charge in [-0.15, -0.1) is 0 Å². The lowest BCUT2D eigenvalue weighted by Gasteiger charge is -2.14. The van der Waals surface area contributed by atoms with Gasteiger partial charge in [-0.25, -0.2) is 9.97 Å². The lowest BCUT2D eigenvalue weighted by molar-refractivity contribution is 0.756. The number of halogens is 1. The van der Waals surface area contributed by atoms with Gasteiger partial charge >= 0.3 is 0 Å². The first-order chi connectivity index (χ1) is 8.45. The molecule has 0 amide bonds. The fraction of sp³-hybridized carbons (Fsp3) is 0.417. The van der Waals surface area contributed by atoms with Gasteiger partial charge in [-0.2, -0.15) is 5.10 Å². The molecule has 0 aliphatic rings. The van der Waals surface area contributed by atoms with Crippen LogP contribution in [0.5, 0.6) is 0 Å². The molecule has 1 N–H and O–H groups in total. The van der Waals surface area contributed by atoms with E-state index in [1.807, 2.05) is 27.1 Å². The maximum Gasteiger partial charge on any atom is 0.134 e. The summed E-state index contributed by atoms with van der Waals surface area (Å²) in [4.78, 5) is 8.34. The number of aryl methyl sites for hydroxylation is 3. The van der Waals surface area contributed by atoms with Gasteiger partial charge in [0.05, 0.1) is 11.7 Å². The molecule has 0 saturated heterocycles. The minimum absolute atomic E-state index is 0.115. The molecule has 0 aromatic carbocycles. The van der Waals surface area contributed by atoms with E-state index in [1.54, 1.807) is 10.7 Å². The highest BCUT2D eigenvalue weighted by molar-refractivity contribution is 6.29. The van der Waals surface area contributed by atoms with Crippen LogP contribution in [0.25, 0.3) is 0 Å². The second-order valence-electron chi connectivity index (χ2n) is 4.33. The van der Waals surface area contributed by atoms with Crippen molar-refractivity contribution in [3.63, 3.8) is 0 Å². The van der Waals surface area contributed by atoms with E-state index < -0.39 is 0 Å². The Labute approximate surface area is 111 Å². The summed E-state index contributed by atoms with van der Waals surface area (Å²) < 4.78 is 1.81. The summed E-state index contributed by atoms with van der Waals surface area (Å²) in [6.07, 6.45) is 2.00. The van der Waals surface area contributed by atoms with E-state index in [-0.39, 0.29) is 6.04 Å². The average molecular weight is 266 g/mol. The van der Waals surface area contributed by atoms with Crippen molar-refractivity contribution in [1.29, 1.82) is 0 Å². The van der Waals surface area contributed by atoms with Gasteiger partial charge in [-0.3, -0.25) is 4.68 Å². The van der Waals surface area contributed by atoms with Gasteiger partial charge in [0.15, 0.2) is 0 Å². The number of aromatic nitrogens is 4. The Morgan fingerprint density at radius 2 is 2.06 bits per heavy atom. The minimum Gasteiger partial charge on any atom is -0.363 e. The predicted molar refractivity (Wildman–Crippen MR) is 71.8 cm³/mol. The Balaban J connectivity index is 2.20. The van der Waals surface area contributed by atoms with Crippen LogP contribution >= 0.6 is 11.6 Å². The maximum absolute atomic E-state index is 5.91. The molecule has 2 heterocycles. The van der Waals surface area contributed by atoms with Gasteiger partial charge in [0.2, 0.25) is 0 Å². The molecule has 0 bridgehead atoms. The Morgan fingerprint density at radius 3 is 2.61 bits per heavy atom. The Bertz CT molecular complexity index is 543. The molecular formula is C12H16ClN5. The van der Waals surface area contributed by atoms with E-state index in [1.165, 1.54) is 0 Å². The van der Waals surface area contributed by atoms with E-state index in [0.29, 0.717) is 11.0 Å². The van der Waals surface area contributed by atoms with Crippen LogP contribution in [0.1, 0.15) is 30.0 Å². The normalized spacial score (nSPS) is 12.5. The third-order valence-electron chi connectivity index (χ3n) is 2.69. The second kappa shape index (κ2) is 4.94. The van der Waals surface area contributed by atoms with Gasteiger partial charge in [0.25, 0.3) is 0 Å². The molecule has 0 fully saturated rings. The highest BCUT2D eigenvalue weighted by Crippen LogP contribution is 2.21. The topological polar surface area (TPSA) is 55.6 Å². The molecule has 0 aliphatic carbocycles. The standard InChI is InChI=1S/C12H16ClN5/c1-7(10-6-18(4)17-8(10)2)14-12-5-11(13)15-9(3)16-12/h5-7H,1-4H3,(H,14,15,16)/t7-/m1/s1. The van der Waals surface area contributed by atoms with Crippen molar-refractivity contribution in [2.45, 2.75) is 26.8 Å². The molecule has 6 heteroatoms. The second-order valence-corrected chi connectivity index (χ2v) is 4.72. The number of hydrogen-bond donors (Lipinski definition) is 1. The molecule has 0 spiro atoms. The molecule has 0 saturated carbocycles. The van der Waals surface area contributed by atoms with Crippen LogP contribution in [-0.4, -0.2) is 19.7 Å². The molecule has 5 nitrogen and oxygen atoms in total. The third-order valence-corrected chi connectivity index (χ3v) is 2.88. The van der Waals surface area contributed by atoms with Crippen molar-refractivity contribution in [2.24, 2.45) is 7.05 Å². The molecule has 0 unspecified atom stereocenters. The van der Waals surface area contributed by atoms with Gasteiger partial charge in [0, 0.05) is 24.9 Å². The van der Waals surface area contributed by atoms with E-state index in [4.69, 9.17) is 11.6 Å². The Kier molecular flexibility index (Phi) is 3.52. The van der Waals surface area contributed by atoms with E-state index in [9.17, 15) is 0 Å². The number of rotatable bonds is 3. The monoisotopic (exact) mass is 265 g/mol. The number of nitrogens with zero attached hydrogens (tertiary/aromatic N) is 4. The zero-order valence-electron chi connectivity index (χ0n) is 10.9. The first-order valence-electron chi connectivity index (χ1n) is 5.73. The molecule has 0 radical (unpaired) electrons. The average Bonchev–Trinajstić information content (AvgIpc) is 2.56. The van der Waals surface area contributed by atoms with Crippen molar-refractivity contribution in [1.82, 2.24) is 19.7 Å². The maximum atomic E-state index is 5.91. The van der Waals surface area contributed by atoms with Crippen LogP contribution in [0.4, 0.5) is 5.82 Å². The summed E-state index contributed by atoms with van der Waals surface area (Å²) in [6, 6.07) is 1.83. The van der Waals surface area contributed by atoms with Crippen LogP contribution in [0.2, 0.25) is 5.15 Å². The van der Waals surface area contributed by atoms with Crippen molar-refractivity contribution in [2.75, 3.05) is 5.32 Å². The summed E-state index contributed by atoms with van der Waals surface area (Å²) in [5.41, 5.74) is 2.15. The van der Waals surface area contributed by atoms with Gasteiger partial charge in [-0.1, -0.05) is 11.6 Å². The quantitative estimate of drug-likeness (QED) is 0.867. The molecule has 18 heavy (non-hydrogen) atoms. The highest BCUT2D eigenvalue weighted by Gasteiger charge is 2.12. The molecular weight excluding hydrogens is 250 g/mol. The van der Waals surface area contributed by atoms with Crippen LogP contribution < -0.4 is 5.32 Å². The van der Waals surface area contributed by atoms with Crippen molar-refractivity contribution >= 4 is 17.4 Å². The van der Waals surface area contributed by atoms with Crippen LogP contribution in [0, 0.1) is 13.8 Å². The van der Waals surface area contributed by atoms with Crippen LogP contribution in [-0.2, 0) is 7.05 Å². The molecule has 0 aliphatic heterocycles. The fourth-order valence-electron chi connectivity index (χ4n) is 1.95. The smallest absolute Gasteiger partial charge is 0.134 e. The number of hydrogen-bond acceptors (Lipinski definition) is 4. The minimum atomic E-state index is 0.115. The zero-order chi connectivity index (χ0) is 13.3. The third kappa shape index (κ3) is 2.79. The summed E-state index contributed by atoms with van der Waals surface area (Å²) in [7, 11) is 1.91. The van der Waals surface area contributed by atoms with Crippen LogP contribution in [0.15, 0.2) is 12.3 Å². The largest absolute Gasteiger partial charge is 0.363 e. The summed E-state index contributed by atoms with van der Waals surface area (Å²) >= 11 is 5.91. The lowest BCUT2D eigenvalue weighted by atomic mass is 10.1. The van der Waals surface area contributed by atoms with Crippen molar-refractivity contribution in [3.8, 4) is 0 Å². The zero-order valence-corrected chi connectivity index (χ0v) is 11.7. The van der Waals surface area contributed by atoms with Crippen molar-refractivity contribution < 1.29 is 0 Å². The lowest BCUT2D eigenvalue weighted by Crippen LogP contribution is -2.09. The van der Waals surface area contributed by atoms with Gasteiger partial charge in [-0.05, 0) is 20.8 Å². The van der Waals surface area contributed by atoms with Crippen molar-refractivity contribution in [3.05, 3.63) is 34.5 Å². The predicted octanol–water partition coefficient (Wildman–Crippen LogP) is 2.65. The van der Waals surface area contributed by atoms with E-state index >= 15 is 0 Å². The number of nitrogens with one attached hydrogen (secondary N) is 1. The SMILES string of the molecule is Cc1nc(Cl)cc(N[C@H](C)c2cn(C)nc2C)n1. The summed E-state index contributed by atoms with van der Waals surface area (Å²) in [5, 5.41) is 8.08. The molecule has 1 atom stereocenters. The number of anilines is 1. The summed E-state index contributed by atoms with van der Waals surface area (Å²) in [5.74, 6) is 1.38. The summed E-state index contributed by atoms with van der Waals surface area (Å²) in [6.45, 7) is 5.87. The Hall–Kier alpha value is -1.62. The molecule has 2 rings (SSSR count). The molecule has 96 valence electrons. The first kappa shape index (κ1) is 12.8.